The van der Waals surface area contributed by atoms with E-state index in [0.29, 0.717) is 28.8 Å². The molecule has 2 heterocycles. The van der Waals surface area contributed by atoms with E-state index in [9.17, 15) is 14.4 Å². The lowest BCUT2D eigenvalue weighted by atomic mass is 9.87. The molecule has 1 aliphatic rings. The lowest BCUT2D eigenvalue weighted by Gasteiger charge is -2.26. The van der Waals surface area contributed by atoms with Gasteiger partial charge in [-0.05, 0) is 37.5 Å². The predicted molar refractivity (Wildman–Crippen MR) is 120 cm³/mol. The maximum absolute atomic E-state index is 13.5. The van der Waals surface area contributed by atoms with Crippen molar-refractivity contribution in [1.29, 1.82) is 0 Å². The standard InChI is InChI=1S/C25H25N3O4/c1-4-25(17-11-7-6-8-12-17)23(30)28(24(31)27-25)15-20-21(22(29)32-5-2)16(3)18-13-9-10-14-19(18)26-20/h6-14H,4-5,15H2,1-3H3,(H,27,31)/t25-/m0/s1. The number of rotatable bonds is 6. The Hall–Kier alpha value is -3.74. The summed E-state index contributed by atoms with van der Waals surface area (Å²) in [5.74, 6) is -0.881. The van der Waals surface area contributed by atoms with Crippen molar-refractivity contribution in [2.75, 3.05) is 6.61 Å². The topological polar surface area (TPSA) is 88.6 Å². The molecule has 0 bridgehead atoms. The van der Waals surface area contributed by atoms with E-state index in [1.165, 1.54) is 0 Å². The number of imide groups is 1. The predicted octanol–water partition coefficient (Wildman–Crippen LogP) is 4.08. The molecular formula is C25H25N3O4. The summed E-state index contributed by atoms with van der Waals surface area (Å²) in [7, 11) is 0. The number of hydrogen-bond acceptors (Lipinski definition) is 5. The van der Waals surface area contributed by atoms with E-state index in [0.717, 1.165) is 15.8 Å². The summed E-state index contributed by atoms with van der Waals surface area (Å²) < 4.78 is 5.27. The summed E-state index contributed by atoms with van der Waals surface area (Å²) in [6.45, 7) is 5.50. The van der Waals surface area contributed by atoms with Crippen LogP contribution in [0.15, 0.2) is 54.6 Å². The van der Waals surface area contributed by atoms with Crippen molar-refractivity contribution in [2.24, 2.45) is 0 Å². The first-order valence-corrected chi connectivity index (χ1v) is 10.7. The highest BCUT2D eigenvalue weighted by molar-refractivity contribution is 6.07. The van der Waals surface area contributed by atoms with Gasteiger partial charge >= 0.3 is 12.0 Å². The Labute approximate surface area is 186 Å². The van der Waals surface area contributed by atoms with Crippen LogP contribution in [0.1, 0.15) is 47.4 Å². The highest BCUT2D eigenvalue weighted by atomic mass is 16.5. The van der Waals surface area contributed by atoms with Crippen molar-refractivity contribution in [2.45, 2.75) is 39.3 Å². The number of amides is 3. The van der Waals surface area contributed by atoms with Crippen molar-refractivity contribution in [3.8, 4) is 0 Å². The third-order valence-electron chi connectivity index (χ3n) is 5.99. The first-order chi connectivity index (χ1) is 15.4. The van der Waals surface area contributed by atoms with Crippen molar-refractivity contribution < 1.29 is 19.1 Å². The van der Waals surface area contributed by atoms with Gasteiger partial charge in [-0.3, -0.25) is 9.69 Å². The number of benzene rings is 2. The van der Waals surface area contributed by atoms with Crippen molar-refractivity contribution >= 4 is 28.8 Å². The van der Waals surface area contributed by atoms with Crippen LogP contribution in [0.4, 0.5) is 4.79 Å². The Balaban J connectivity index is 1.79. The lowest BCUT2D eigenvalue weighted by molar-refractivity contribution is -0.132. The van der Waals surface area contributed by atoms with E-state index in [1.54, 1.807) is 6.92 Å². The van der Waals surface area contributed by atoms with Crippen molar-refractivity contribution in [1.82, 2.24) is 15.2 Å². The molecule has 32 heavy (non-hydrogen) atoms. The summed E-state index contributed by atoms with van der Waals surface area (Å²) in [4.78, 5) is 45.1. The molecule has 1 aromatic heterocycles. The number of aryl methyl sites for hydroxylation is 1. The number of carbonyl (C=O) groups is 3. The number of ether oxygens (including phenoxy) is 1. The molecular weight excluding hydrogens is 406 g/mol. The zero-order valence-electron chi connectivity index (χ0n) is 18.3. The SMILES string of the molecule is CCOC(=O)c1c(CN2C(=O)N[C@@](CC)(c3ccccc3)C2=O)nc2ccccc2c1C. The zero-order valence-corrected chi connectivity index (χ0v) is 18.3. The van der Waals surface area contributed by atoms with Crippen LogP contribution >= 0.6 is 0 Å². The number of pyridine rings is 1. The van der Waals surface area contributed by atoms with E-state index in [4.69, 9.17) is 4.74 Å². The number of fused-ring (bicyclic) bond motifs is 1. The molecule has 0 unspecified atom stereocenters. The van der Waals surface area contributed by atoms with Gasteiger partial charge in [0.05, 0.1) is 29.9 Å². The normalized spacial score (nSPS) is 18.2. The number of nitrogens with zero attached hydrogens (tertiary/aromatic N) is 2. The van der Waals surface area contributed by atoms with E-state index in [2.05, 4.69) is 10.3 Å². The van der Waals surface area contributed by atoms with E-state index < -0.39 is 17.5 Å². The monoisotopic (exact) mass is 431 g/mol. The van der Waals surface area contributed by atoms with Crippen molar-refractivity contribution in [3.05, 3.63) is 77.0 Å². The maximum Gasteiger partial charge on any atom is 0.340 e. The second-order valence-electron chi connectivity index (χ2n) is 7.74. The summed E-state index contributed by atoms with van der Waals surface area (Å²) in [6, 6.07) is 16.1. The first-order valence-electron chi connectivity index (χ1n) is 10.7. The highest BCUT2D eigenvalue weighted by Gasteiger charge is 2.51. The second-order valence-corrected chi connectivity index (χ2v) is 7.74. The molecule has 2 aromatic carbocycles. The van der Waals surface area contributed by atoms with Crippen LogP contribution in [0.3, 0.4) is 0 Å². The fraction of sp³-hybridized carbons (Fsp3) is 0.280. The summed E-state index contributed by atoms with van der Waals surface area (Å²) in [6.07, 6.45) is 0.396. The number of urea groups is 1. The summed E-state index contributed by atoms with van der Waals surface area (Å²) in [5.41, 5.74) is 1.60. The largest absolute Gasteiger partial charge is 0.462 e. The fourth-order valence-electron chi connectivity index (χ4n) is 4.31. The molecule has 0 radical (unpaired) electrons. The molecule has 3 aromatic rings. The molecule has 1 fully saturated rings. The molecule has 1 N–H and O–H groups in total. The molecule has 4 rings (SSSR count). The number of nitrogens with one attached hydrogen (secondary N) is 1. The van der Waals surface area contributed by atoms with Gasteiger partial charge < -0.3 is 10.1 Å². The average Bonchev–Trinajstić information content (AvgIpc) is 3.05. The molecule has 0 saturated carbocycles. The third kappa shape index (κ3) is 3.39. The minimum absolute atomic E-state index is 0.126. The van der Waals surface area contributed by atoms with Crippen molar-refractivity contribution in [3.63, 3.8) is 0 Å². The molecule has 7 heteroatoms. The first kappa shape index (κ1) is 21.5. The van der Waals surface area contributed by atoms with Crippen LogP contribution in [-0.2, 0) is 21.6 Å². The van der Waals surface area contributed by atoms with Crippen LogP contribution in [0, 0.1) is 6.92 Å². The Morgan fingerprint density at radius 2 is 1.75 bits per heavy atom. The Bertz CT molecular complexity index is 1210. The third-order valence-corrected chi connectivity index (χ3v) is 5.99. The van der Waals surface area contributed by atoms with E-state index >= 15 is 0 Å². The Morgan fingerprint density at radius 1 is 1.06 bits per heavy atom. The van der Waals surface area contributed by atoms with E-state index in [1.807, 2.05) is 68.4 Å². The summed E-state index contributed by atoms with van der Waals surface area (Å²) in [5, 5.41) is 3.70. The second kappa shape index (κ2) is 8.42. The number of para-hydroxylation sites is 1. The Morgan fingerprint density at radius 3 is 2.44 bits per heavy atom. The maximum atomic E-state index is 13.5. The minimum atomic E-state index is -1.14. The van der Waals surface area contributed by atoms with Gasteiger partial charge in [0.2, 0.25) is 0 Å². The number of aromatic nitrogens is 1. The van der Waals surface area contributed by atoms with Crippen LogP contribution in [0.2, 0.25) is 0 Å². The Kier molecular flexibility index (Phi) is 5.65. The molecule has 7 nitrogen and oxygen atoms in total. The highest BCUT2D eigenvalue weighted by Crippen LogP contribution is 2.34. The molecule has 1 saturated heterocycles. The number of carbonyl (C=O) groups excluding carboxylic acids is 3. The van der Waals surface area contributed by atoms with Gasteiger partial charge in [0.15, 0.2) is 0 Å². The average molecular weight is 431 g/mol. The van der Waals surface area contributed by atoms with E-state index in [-0.39, 0.29) is 19.1 Å². The zero-order chi connectivity index (χ0) is 22.9. The summed E-state index contributed by atoms with van der Waals surface area (Å²) >= 11 is 0. The molecule has 3 amide bonds. The molecule has 0 aliphatic carbocycles. The van der Waals surface area contributed by atoms with Gasteiger partial charge in [-0.1, -0.05) is 55.5 Å². The quantitative estimate of drug-likeness (QED) is 0.469. The molecule has 0 spiro atoms. The fourth-order valence-corrected chi connectivity index (χ4v) is 4.31. The van der Waals surface area contributed by atoms with Gasteiger partial charge in [0.1, 0.15) is 5.54 Å². The number of esters is 1. The minimum Gasteiger partial charge on any atom is -0.462 e. The van der Waals surface area contributed by atoms with Crippen LogP contribution in [-0.4, -0.2) is 34.4 Å². The van der Waals surface area contributed by atoms with Gasteiger partial charge in [0, 0.05) is 5.39 Å². The van der Waals surface area contributed by atoms with Gasteiger partial charge in [-0.2, -0.15) is 0 Å². The number of hydrogen-bond donors (Lipinski definition) is 1. The van der Waals surface area contributed by atoms with Gasteiger partial charge in [0.25, 0.3) is 5.91 Å². The molecule has 1 aliphatic heterocycles. The lowest BCUT2D eigenvalue weighted by Crippen LogP contribution is -2.43. The molecule has 1 atom stereocenters. The van der Waals surface area contributed by atoms with Crippen LogP contribution < -0.4 is 5.32 Å². The smallest absolute Gasteiger partial charge is 0.340 e. The van der Waals surface area contributed by atoms with Gasteiger partial charge in [-0.25, -0.2) is 14.6 Å². The van der Waals surface area contributed by atoms with Gasteiger partial charge in [-0.15, -0.1) is 0 Å². The van der Waals surface area contributed by atoms with Crippen LogP contribution in [0.25, 0.3) is 10.9 Å². The van der Waals surface area contributed by atoms with Crippen LogP contribution in [0.5, 0.6) is 0 Å². The molecule has 164 valence electrons.